The van der Waals surface area contributed by atoms with Crippen molar-refractivity contribution in [3.8, 4) is 0 Å². The molecule has 0 spiro atoms. The summed E-state index contributed by atoms with van der Waals surface area (Å²) in [5.74, 6) is 4.47. The maximum absolute atomic E-state index is 9.59. The van der Waals surface area contributed by atoms with Gasteiger partial charge in [-0.05, 0) is 0 Å². The first kappa shape index (κ1) is 5.03. The summed E-state index contributed by atoms with van der Waals surface area (Å²) in [4.78, 5) is 9.59. The highest BCUT2D eigenvalue weighted by molar-refractivity contribution is 5.72. The minimum absolute atomic E-state index is 0.838. The van der Waals surface area contributed by atoms with E-state index in [0.29, 0.717) is 0 Å². The topological polar surface area (TPSA) is 91.3 Å². The molecule has 0 aromatic carbocycles. The van der Waals surface area contributed by atoms with Crippen molar-refractivity contribution in [2.24, 2.45) is 11.0 Å². The second-order valence-electron chi connectivity index (χ2n) is 0.561. The van der Waals surface area contributed by atoms with Gasteiger partial charge in [-0.3, -0.25) is 5.43 Å². The van der Waals surface area contributed by atoms with Crippen molar-refractivity contribution in [3.63, 3.8) is 0 Å². The Labute approximate surface area is 34.0 Å². The molecule has 0 fully saturated rings. The van der Waals surface area contributed by atoms with E-state index in [4.69, 9.17) is 5.53 Å². The lowest BCUT2D eigenvalue weighted by Gasteiger charge is -1.80. The van der Waals surface area contributed by atoms with Crippen molar-refractivity contribution >= 4 is 6.03 Å². The zero-order valence-electron chi connectivity index (χ0n) is 2.93. The Morgan fingerprint density at radius 2 is 2.50 bits per heavy atom. The number of hydrogen-bond acceptors (Lipinski definition) is 3. The van der Waals surface area contributed by atoms with Crippen LogP contribution in [0, 0.1) is 5.53 Å². The first-order valence-corrected chi connectivity index (χ1v) is 1.19. The molecule has 0 bridgehead atoms. The highest BCUT2D eigenvalue weighted by atomic mass is 16.2. The van der Waals surface area contributed by atoms with Gasteiger partial charge in [0.2, 0.25) is 0 Å². The van der Waals surface area contributed by atoms with E-state index < -0.39 is 6.03 Å². The van der Waals surface area contributed by atoms with Crippen LogP contribution in [0.25, 0.3) is 0 Å². The summed E-state index contributed by atoms with van der Waals surface area (Å²) in [6, 6.07) is -0.838. The van der Waals surface area contributed by atoms with Crippen LogP contribution >= 0.6 is 0 Å². The van der Waals surface area contributed by atoms with Crippen molar-refractivity contribution < 1.29 is 4.79 Å². The summed E-state index contributed by atoms with van der Waals surface area (Å²) in [6.45, 7) is 0. The number of hydrazine groups is 1. The molecule has 5 heteroatoms. The second-order valence-corrected chi connectivity index (χ2v) is 0.561. The van der Waals surface area contributed by atoms with Crippen molar-refractivity contribution in [2.45, 2.75) is 0 Å². The molecule has 4 N–H and O–H groups in total. The molecule has 5 nitrogen and oxygen atoms in total. The maximum atomic E-state index is 9.59. The Morgan fingerprint density at radius 1 is 2.00 bits per heavy atom. The zero-order valence-corrected chi connectivity index (χ0v) is 2.93. The van der Waals surface area contributed by atoms with E-state index >= 15 is 0 Å². The fraction of sp³-hybridized carbons (Fsp3) is 0. The van der Waals surface area contributed by atoms with Crippen LogP contribution < -0.4 is 11.3 Å². The number of amides is 2. The molecule has 0 atom stereocenters. The van der Waals surface area contributed by atoms with Crippen molar-refractivity contribution in [1.29, 1.82) is 5.53 Å². The third-order valence-electron chi connectivity index (χ3n) is 0.225. The van der Waals surface area contributed by atoms with Crippen molar-refractivity contribution in [1.82, 2.24) is 5.43 Å². The van der Waals surface area contributed by atoms with Gasteiger partial charge in [0, 0.05) is 0 Å². The smallest absolute Gasteiger partial charge is 0.273 e. The van der Waals surface area contributed by atoms with E-state index in [1.807, 2.05) is 0 Å². The molecule has 34 valence electrons. The molecule has 0 radical (unpaired) electrons. The monoisotopic (exact) mass is 88.0 g/mol. The summed E-state index contributed by atoms with van der Waals surface area (Å²) in [5.41, 5.74) is 7.56. The number of nitrogens with zero attached hydrogens (tertiary/aromatic N) is 1. The molecule has 0 saturated carbocycles. The largest absolute Gasteiger partial charge is 0.373 e. The summed E-state index contributed by atoms with van der Waals surface area (Å²) < 4.78 is 0. The normalized spacial score (nSPS) is 6.83. The van der Waals surface area contributed by atoms with Crippen LogP contribution in [0.4, 0.5) is 4.79 Å². The van der Waals surface area contributed by atoms with Crippen LogP contribution in [0.1, 0.15) is 0 Å². The van der Waals surface area contributed by atoms with E-state index in [1.54, 1.807) is 5.43 Å². The number of hydrogen-bond donors (Lipinski definition) is 3. The Balaban J connectivity index is 3.23. The van der Waals surface area contributed by atoms with Crippen LogP contribution in [0.2, 0.25) is 0 Å². The van der Waals surface area contributed by atoms with E-state index in [2.05, 4.69) is 11.0 Å². The van der Waals surface area contributed by atoms with Gasteiger partial charge in [-0.2, -0.15) is 5.53 Å². The molecular weight excluding hydrogens is 84.0 g/mol. The van der Waals surface area contributed by atoms with E-state index in [9.17, 15) is 4.79 Å². The minimum atomic E-state index is -0.838. The van der Waals surface area contributed by atoms with Gasteiger partial charge in [-0.15, -0.1) is 0 Å². The summed E-state index contributed by atoms with van der Waals surface area (Å²) >= 11 is 0. The van der Waals surface area contributed by atoms with Crippen LogP contribution in [0.5, 0.6) is 0 Å². The average Bonchev–Trinajstić information content (AvgIpc) is 1.65. The van der Waals surface area contributed by atoms with Crippen molar-refractivity contribution in [3.05, 3.63) is 0 Å². The maximum Gasteiger partial charge on any atom is 0.373 e. The van der Waals surface area contributed by atoms with E-state index in [1.165, 1.54) is 0 Å². The fourth-order valence-electron chi connectivity index (χ4n) is 0.0323. The lowest BCUT2D eigenvalue weighted by Crippen LogP contribution is -2.26. The summed E-state index contributed by atoms with van der Waals surface area (Å²) in [7, 11) is 0. The molecule has 6 heavy (non-hydrogen) atoms. The van der Waals surface area contributed by atoms with Crippen molar-refractivity contribution in [2.75, 3.05) is 0 Å². The zero-order chi connectivity index (χ0) is 4.99. The van der Waals surface area contributed by atoms with Gasteiger partial charge < -0.3 is 0 Å². The van der Waals surface area contributed by atoms with Crippen LogP contribution in [-0.4, -0.2) is 6.03 Å². The van der Waals surface area contributed by atoms with Gasteiger partial charge in [-0.1, -0.05) is 5.11 Å². The number of urea groups is 1. The SMILES string of the molecule is N=NC(=O)NN. The standard InChI is InChI=1S/CH4N4O/c2-4-1(6)5-3/h2H,3H2,(H,5,6). The van der Waals surface area contributed by atoms with E-state index in [0.717, 1.165) is 0 Å². The lowest BCUT2D eigenvalue weighted by atomic mass is 11.1. The van der Waals surface area contributed by atoms with Gasteiger partial charge in [0.25, 0.3) is 0 Å². The number of nitrogens with two attached hydrogens (primary N) is 1. The highest BCUT2D eigenvalue weighted by Gasteiger charge is 1.83. The van der Waals surface area contributed by atoms with Crippen LogP contribution in [-0.2, 0) is 0 Å². The fourth-order valence-corrected chi connectivity index (χ4v) is 0.0323. The molecule has 2 amide bonds. The van der Waals surface area contributed by atoms with Gasteiger partial charge in [0.05, 0.1) is 0 Å². The summed E-state index contributed by atoms with van der Waals surface area (Å²) in [5, 5.41) is 2.38. The number of rotatable bonds is 0. The van der Waals surface area contributed by atoms with Gasteiger partial charge in [0.15, 0.2) is 0 Å². The third-order valence-corrected chi connectivity index (χ3v) is 0.225. The predicted molar refractivity (Wildman–Crippen MR) is 17.9 cm³/mol. The van der Waals surface area contributed by atoms with E-state index in [-0.39, 0.29) is 0 Å². The van der Waals surface area contributed by atoms with Gasteiger partial charge in [0.1, 0.15) is 0 Å². The molecule has 0 aliphatic heterocycles. The Bertz CT molecular complexity index is 67.9. The molecule has 0 aliphatic carbocycles. The lowest BCUT2D eigenvalue weighted by molar-refractivity contribution is 0.247. The van der Waals surface area contributed by atoms with Gasteiger partial charge in [-0.25, -0.2) is 10.6 Å². The quantitative estimate of drug-likeness (QED) is 0.163. The Morgan fingerprint density at radius 3 is 2.50 bits per heavy atom. The van der Waals surface area contributed by atoms with Gasteiger partial charge >= 0.3 is 6.03 Å². The molecule has 0 heterocycles. The predicted octanol–water partition coefficient (Wildman–Crippen LogP) is -0.399. The molecular formula is CH4N4O. The number of carbonyl (C=O) groups is 1. The molecule has 0 rings (SSSR count). The molecule has 0 aromatic rings. The first-order valence-electron chi connectivity index (χ1n) is 1.19. The number of carbonyl (C=O) groups excluding carboxylic acids is 1. The molecule has 0 unspecified atom stereocenters. The average molecular weight is 88.1 g/mol. The minimum Gasteiger partial charge on any atom is -0.273 e. The highest BCUT2D eigenvalue weighted by Crippen LogP contribution is 1.61. The Hall–Kier alpha value is -0.970. The second kappa shape index (κ2) is 2.28. The van der Waals surface area contributed by atoms with Crippen LogP contribution in [0.3, 0.4) is 0 Å². The third kappa shape index (κ3) is 1.36. The first-order chi connectivity index (χ1) is 2.81. The number of nitrogens with one attached hydrogen (secondary N) is 2. The molecule has 0 saturated heterocycles. The molecule has 0 aromatic heterocycles. The van der Waals surface area contributed by atoms with Crippen LogP contribution in [0.15, 0.2) is 5.11 Å². The Kier molecular flexibility index (Phi) is 1.91. The molecule has 0 aliphatic rings. The summed E-state index contributed by atoms with van der Waals surface area (Å²) in [6.07, 6.45) is 0.